The van der Waals surface area contributed by atoms with E-state index in [-0.39, 0.29) is 11.8 Å². The van der Waals surface area contributed by atoms with Gasteiger partial charge in [0.15, 0.2) is 11.5 Å². The fourth-order valence-corrected chi connectivity index (χ4v) is 4.55. The summed E-state index contributed by atoms with van der Waals surface area (Å²) in [6, 6.07) is 22.5. The van der Waals surface area contributed by atoms with Gasteiger partial charge in [-0.3, -0.25) is 4.79 Å². The number of rotatable bonds is 10. The smallest absolute Gasteiger partial charge is 0.220 e. The predicted octanol–water partition coefficient (Wildman–Crippen LogP) is 5.63. The quantitative estimate of drug-likeness (QED) is 0.325. The number of carbonyl (C=O) groups excluding carboxylic acids is 1. The van der Waals surface area contributed by atoms with Gasteiger partial charge in [0.25, 0.3) is 0 Å². The van der Waals surface area contributed by atoms with Crippen molar-refractivity contribution < 1.29 is 14.3 Å². The fourth-order valence-electron chi connectivity index (χ4n) is 4.55. The number of nitrogens with one attached hydrogen (secondary N) is 2. The van der Waals surface area contributed by atoms with E-state index in [1.54, 1.807) is 14.2 Å². The Balaban J connectivity index is 1.63. The Morgan fingerprint density at radius 1 is 0.971 bits per heavy atom. The first-order valence-electron chi connectivity index (χ1n) is 11.8. The van der Waals surface area contributed by atoms with E-state index in [1.165, 1.54) is 11.1 Å². The summed E-state index contributed by atoms with van der Waals surface area (Å²) in [4.78, 5) is 16.5. The van der Waals surface area contributed by atoms with Crippen LogP contribution in [0.3, 0.4) is 0 Å². The second kappa shape index (κ2) is 10.9. The molecule has 0 spiro atoms. The maximum absolute atomic E-state index is 13.1. The lowest BCUT2D eigenvalue weighted by Crippen LogP contribution is -2.27. The third-order valence-electron chi connectivity index (χ3n) is 6.37. The number of benzene rings is 3. The lowest BCUT2D eigenvalue weighted by molar-refractivity contribution is -0.121. The maximum Gasteiger partial charge on any atom is 0.220 e. The maximum atomic E-state index is 13.1. The molecular formula is C29H32N2O3. The second-order valence-corrected chi connectivity index (χ2v) is 8.39. The molecule has 1 atom stereocenters. The summed E-state index contributed by atoms with van der Waals surface area (Å²) in [7, 11) is 3.26. The van der Waals surface area contributed by atoms with Crippen molar-refractivity contribution in [1.29, 1.82) is 0 Å². The Hall–Kier alpha value is -3.73. The number of fused-ring (bicyclic) bond motifs is 1. The summed E-state index contributed by atoms with van der Waals surface area (Å²) in [6.07, 6.45) is 4.13. The highest BCUT2D eigenvalue weighted by Crippen LogP contribution is 2.38. The second-order valence-electron chi connectivity index (χ2n) is 8.39. The third kappa shape index (κ3) is 5.09. The lowest BCUT2D eigenvalue weighted by Gasteiger charge is -2.19. The van der Waals surface area contributed by atoms with Crippen molar-refractivity contribution in [2.75, 3.05) is 20.8 Å². The van der Waals surface area contributed by atoms with Crippen molar-refractivity contribution in [3.8, 4) is 11.5 Å². The van der Waals surface area contributed by atoms with Gasteiger partial charge in [0.05, 0.1) is 14.2 Å². The van der Waals surface area contributed by atoms with Gasteiger partial charge < -0.3 is 19.8 Å². The molecule has 1 aromatic heterocycles. The van der Waals surface area contributed by atoms with Crippen LogP contribution in [-0.4, -0.2) is 31.7 Å². The minimum Gasteiger partial charge on any atom is -0.493 e. The van der Waals surface area contributed by atoms with E-state index >= 15 is 0 Å². The molecule has 1 amide bonds. The van der Waals surface area contributed by atoms with Crippen LogP contribution in [0.5, 0.6) is 11.5 Å². The summed E-state index contributed by atoms with van der Waals surface area (Å²) in [5.41, 5.74) is 5.73. The average Bonchev–Trinajstić information content (AvgIpc) is 3.31. The molecule has 0 saturated heterocycles. The molecule has 4 rings (SSSR count). The number of H-pyrrole nitrogens is 1. The molecule has 3 aromatic carbocycles. The van der Waals surface area contributed by atoms with Crippen molar-refractivity contribution in [2.45, 2.75) is 32.1 Å². The molecular weight excluding hydrogens is 424 g/mol. The molecule has 5 heteroatoms. The molecule has 0 bridgehead atoms. The number of hydrogen-bond acceptors (Lipinski definition) is 3. The van der Waals surface area contributed by atoms with Crippen LogP contribution in [-0.2, 0) is 17.6 Å². The first-order valence-corrected chi connectivity index (χ1v) is 11.8. The number of amides is 1. The fraction of sp³-hybridized carbons (Fsp3) is 0.276. The zero-order chi connectivity index (χ0) is 23.9. The average molecular weight is 457 g/mol. The van der Waals surface area contributed by atoms with E-state index in [4.69, 9.17) is 9.47 Å². The monoisotopic (exact) mass is 456 g/mol. The van der Waals surface area contributed by atoms with Crippen molar-refractivity contribution in [2.24, 2.45) is 0 Å². The van der Waals surface area contributed by atoms with Gasteiger partial charge in [-0.1, -0.05) is 61.5 Å². The van der Waals surface area contributed by atoms with Crippen LogP contribution in [0.15, 0.2) is 72.9 Å². The van der Waals surface area contributed by atoms with Crippen molar-refractivity contribution in [3.05, 3.63) is 95.2 Å². The van der Waals surface area contributed by atoms with E-state index in [9.17, 15) is 4.79 Å². The zero-order valence-electron chi connectivity index (χ0n) is 20.1. The van der Waals surface area contributed by atoms with Crippen molar-refractivity contribution in [1.82, 2.24) is 10.3 Å². The van der Waals surface area contributed by atoms with Gasteiger partial charge in [0.2, 0.25) is 5.91 Å². The van der Waals surface area contributed by atoms with Gasteiger partial charge in [-0.2, -0.15) is 0 Å². The number of aryl methyl sites for hydroxylation is 1. The molecule has 0 saturated carbocycles. The van der Waals surface area contributed by atoms with Crippen LogP contribution in [0.2, 0.25) is 0 Å². The number of aromatic amines is 1. The summed E-state index contributed by atoms with van der Waals surface area (Å²) >= 11 is 0. The molecule has 0 radical (unpaired) electrons. The molecule has 4 aromatic rings. The molecule has 0 unspecified atom stereocenters. The van der Waals surface area contributed by atoms with Gasteiger partial charge >= 0.3 is 0 Å². The third-order valence-corrected chi connectivity index (χ3v) is 6.37. The van der Waals surface area contributed by atoms with Crippen molar-refractivity contribution >= 4 is 16.8 Å². The van der Waals surface area contributed by atoms with E-state index < -0.39 is 0 Å². The SMILES string of the molecule is CCc1cccc2c([C@@H](CC(=O)NCCc3ccccc3)c3ccc(OC)c(OC)c3)c[nH]c12. The van der Waals surface area contributed by atoms with Crippen LogP contribution in [0.4, 0.5) is 0 Å². The van der Waals surface area contributed by atoms with Crippen LogP contribution in [0.25, 0.3) is 10.9 Å². The minimum atomic E-state index is -0.127. The molecule has 0 aliphatic heterocycles. The van der Waals surface area contributed by atoms with Crippen LogP contribution in [0, 0.1) is 0 Å². The Bertz CT molecular complexity index is 1250. The first kappa shape index (κ1) is 23.4. The minimum absolute atomic E-state index is 0.0247. The number of carbonyl (C=O) groups is 1. The van der Waals surface area contributed by atoms with Crippen LogP contribution < -0.4 is 14.8 Å². The molecule has 34 heavy (non-hydrogen) atoms. The molecule has 0 aliphatic carbocycles. The van der Waals surface area contributed by atoms with E-state index in [2.05, 4.69) is 47.6 Å². The molecule has 5 nitrogen and oxygen atoms in total. The summed E-state index contributed by atoms with van der Waals surface area (Å²) in [6.45, 7) is 2.76. The lowest BCUT2D eigenvalue weighted by atomic mass is 9.87. The number of para-hydroxylation sites is 1. The Morgan fingerprint density at radius 3 is 2.50 bits per heavy atom. The van der Waals surface area contributed by atoms with E-state index in [0.29, 0.717) is 24.5 Å². The van der Waals surface area contributed by atoms with E-state index in [1.807, 2.05) is 42.6 Å². The molecule has 176 valence electrons. The van der Waals surface area contributed by atoms with Gasteiger partial charge in [0, 0.05) is 36.0 Å². The number of aromatic nitrogens is 1. The Kier molecular flexibility index (Phi) is 7.53. The van der Waals surface area contributed by atoms with Gasteiger partial charge in [-0.05, 0) is 47.2 Å². The predicted molar refractivity (Wildman–Crippen MR) is 137 cm³/mol. The van der Waals surface area contributed by atoms with E-state index in [0.717, 1.165) is 34.9 Å². The highest BCUT2D eigenvalue weighted by atomic mass is 16.5. The molecule has 0 fully saturated rings. The van der Waals surface area contributed by atoms with Crippen LogP contribution >= 0.6 is 0 Å². The number of hydrogen-bond donors (Lipinski definition) is 2. The highest BCUT2D eigenvalue weighted by molar-refractivity contribution is 5.88. The molecule has 2 N–H and O–H groups in total. The topological polar surface area (TPSA) is 63.4 Å². The summed E-state index contributed by atoms with van der Waals surface area (Å²) in [5, 5.41) is 4.26. The largest absolute Gasteiger partial charge is 0.493 e. The normalized spacial score (nSPS) is 11.9. The molecule has 0 aliphatic rings. The Labute approximate surface area is 201 Å². The standard InChI is InChI=1S/C29H32N2O3/c1-4-21-11-8-12-23-25(19-31-29(21)23)24(22-13-14-26(33-2)27(17-22)34-3)18-28(32)30-16-15-20-9-6-5-7-10-20/h5-14,17,19,24,31H,4,15-16,18H2,1-3H3,(H,30,32)/t24-/m0/s1. The Morgan fingerprint density at radius 2 is 1.76 bits per heavy atom. The summed E-state index contributed by atoms with van der Waals surface area (Å²) < 4.78 is 11.0. The van der Waals surface area contributed by atoms with Gasteiger partial charge in [-0.25, -0.2) is 0 Å². The van der Waals surface area contributed by atoms with Crippen LogP contribution in [0.1, 0.15) is 41.5 Å². The van der Waals surface area contributed by atoms with Crippen molar-refractivity contribution in [3.63, 3.8) is 0 Å². The zero-order valence-corrected chi connectivity index (χ0v) is 20.1. The van der Waals surface area contributed by atoms with Gasteiger partial charge in [-0.15, -0.1) is 0 Å². The highest BCUT2D eigenvalue weighted by Gasteiger charge is 2.23. The molecule has 1 heterocycles. The first-order chi connectivity index (χ1) is 16.6. The number of methoxy groups -OCH3 is 2. The summed E-state index contributed by atoms with van der Waals surface area (Å²) in [5.74, 6) is 1.22. The van der Waals surface area contributed by atoms with Gasteiger partial charge in [0.1, 0.15) is 0 Å². The number of ether oxygens (including phenoxy) is 2.